The van der Waals surface area contributed by atoms with Crippen LogP contribution in [0.4, 0.5) is 5.69 Å². The van der Waals surface area contributed by atoms with Crippen molar-refractivity contribution in [3.63, 3.8) is 0 Å². The molecule has 0 aliphatic heterocycles. The first-order valence-corrected chi connectivity index (χ1v) is 6.42. The van der Waals surface area contributed by atoms with Crippen molar-refractivity contribution in [2.45, 2.75) is 31.8 Å². The maximum atomic E-state index is 11.6. The number of carbonyl (C=O) groups is 1. The molecule has 1 saturated carbocycles. The number of hydrogen-bond acceptors (Lipinski definition) is 3. The molecule has 4 nitrogen and oxygen atoms in total. The molecule has 0 radical (unpaired) electrons. The Bertz CT molecular complexity index is 397. The predicted molar refractivity (Wildman–Crippen MR) is 70.9 cm³/mol. The van der Waals surface area contributed by atoms with E-state index in [1.807, 2.05) is 24.3 Å². The van der Waals surface area contributed by atoms with Gasteiger partial charge in [-0.15, -0.1) is 0 Å². The number of anilines is 1. The third-order valence-corrected chi connectivity index (χ3v) is 3.42. The molecule has 98 valence electrons. The number of benzene rings is 1. The molecule has 1 aromatic carbocycles. The lowest BCUT2D eigenvalue weighted by molar-refractivity contribution is -0.121. The van der Waals surface area contributed by atoms with Gasteiger partial charge in [0.05, 0.1) is 6.10 Å². The zero-order chi connectivity index (χ0) is 13.0. The first-order chi connectivity index (χ1) is 8.63. The molecule has 4 N–H and O–H groups in total. The van der Waals surface area contributed by atoms with Crippen molar-refractivity contribution in [2.75, 3.05) is 12.3 Å². The number of nitrogen functional groups attached to an aromatic ring is 1. The van der Waals surface area contributed by atoms with E-state index in [2.05, 4.69) is 5.32 Å². The van der Waals surface area contributed by atoms with Crippen molar-refractivity contribution in [3.8, 4) is 0 Å². The molecule has 0 spiro atoms. The van der Waals surface area contributed by atoms with Crippen LogP contribution in [0.2, 0.25) is 0 Å². The highest BCUT2D eigenvalue weighted by Gasteiger charge is 2.26. The van der Waals surface area contributed by atoms with Crippen molar-refractivity contribution in [2.24, 2.45) is 5.92 Å². The Balaban J connectivity index is 1.64. The third-order valence-electron chi connectivity index (χ3n) is 3.42. The van der Waals surface area contributed by atoms with Crippen LogP contribution in [0, 0.1) is 5.92 Å². The van der Waals surface area contributed by atoms with Crippen LogP contribution in [0.15, 0.2) is 24.3 Å². The second-order valence-corrected chi connectivity index (χ2v) is 5.04. The number of nitrogens with two attached hydrogens (primary N) is 1. The van der Waals surface area contributed by atoms with Gasteiger partial charge in [-0.1, -0.05) is 12.1 Å². The van der Waals surface area contributed by atoms with Crippen molar-refractivity contribution in [1.29, 1.82) is 0 Å². The standard InChI is InChI=1S/C14H20N2O2/c15-12-4-1-10(2-5-12)3-6-14(18)16-9-11-7-13(17)8-11/h1-2,4-5,11,13,17H,3,6-9,15H2,(H,16,18). The largest absolute Gasteiger partial charge is 0.399 e. The maximum absolute atomic E-state index is 11.6. The molecule has 0 aromatic heterocycles. The summed E-state index contributed by atoms with van der Waals surface area (Å²) in [6.07, 6.45) is 2.72. The van der Waals surface area contributed by atoms with Crippen molar-refractivity contribution in [1.82, 2.24) is 5.32 Å². The lowest BCUT2D eigenvalue weighted by Crippen LogP contribution is -2.38. The van der Waals surface area contributed by atoms with E-state index in [-0.39, 0.29) is 12.0 Å². The molecule has 0 saturated heterocycles. The van der Waals surface area contributed by atoms with Gasteiger partial charge in [0.25, 0.3) is 0 Å². The molecule has 0 unspecified atom stereocenters. The molecule has 18 heavy (non-hydrogen) atoms. The van der Waals surface area contributed by atoms with E-state index in [1.165, 1.54) is 0 Å². The van der Waals surface area contributed by atoms with Gasteiger partial charge >= 0.3 is 0 Å². The van der Waals surface area contributed by atoms with E-state index >= 15 is 0 Å². The topological polar surface area (TPSA) is 75.4 Å². The van der Waals surface area contributed by atoms with E-state index in [4.69, 9.17) is 10.8 Å². The van der Waals surface area contributed by atoms with Gasteiger partial charge in [-0.25, -0.2) is 0 Å². The molecule has 1 aromatic rings. The molecule has 0 bridgehead atoms. The van der Waals surface area contributed by atoms with Crippen LogP contribution >= 0.6 is 0 Å². The molecule has 2 rings (SSSR count). The number of aliphatic hydroxyl groups excluding tert-OH is 1. The second-order valence-electron chi connectivity index (χ2n) is 5.04. The van der Waals surface area contributed by atoms with Crippen LogP contribution in [-0.2, 0) is 11.2 Å². The molecule has 1 amide bonds. The van der Waals surface area contributed by atoms with Crippen LogP contribution in [0.25, 0.3) is 0 Å². The lowest BCUT2D eigenvalue weighted by Gasteiger charge is -2.31. The van der Waals surface area contributed by atoms with Gasteiger partial charge in [0, 0.05) is 18.7 Å². The van der Waals surface area contributed by atoms with E-state index < -0.39 is 0 Å². The quantitative estimate of drug-likeness (QED) is 0.683. The van der Waals surface area contributed by atoms with Crippen LogP contribution in [0.3, 0.4) is 0 Å². The molecule has 0 heterocycles. The smallest absolute Gasteiger partial charge is 0.220 e. The van der Waals surface area contributed by atoms with Crippen molar-refractivity contribution < 1.29 is 9.90 Å². The van der Waals surface area contributed by atoms with Crippen LogP contribution < -0.4 is 11.1 Å². The van der Waals surface area contributed by atoms with Gasteiger partial charge in [0.15, 0.2) is 0 Å². The van der Waals surface area contributed by atoms with E-state index in [9.17, 15) is 4.79 Å². The number of rotatable bonds is 5. The molecular weight excluding hydrogens is 228 g/mol. The van der Waals surface area contributed by atoms with E-state index in [1.54, 1.807) is 0 Å². The fourth-order valence-electron chi connectivity index (χ4n) is 2.16. The number of aryl methyl sites for hydroxylation is 1. The molecule has 1 aliphatic rings. The Morgan fingerprint density at radius 1 is 1.33 bits per heavy atom. The summed E-state index contributed by atoms with van der Waals surface area (Å²) in [5, 5.41) is 12.0. The van der Waals surface area contributed by atoms with Crippen LogP contribution in [-0.4, -0.2) is 23.7 Å². The normalized spacial score (nSPS) is 22.3. The van der Waals surface area contributed by atoms with Gasteiger partial charge in [-0.05, 0) is 42.9 Å². The average molecular weight is 248 g/mol. The fraction of sp³-hybridized carbons (Fsp3) is 0.500. The number of nitrogens with one attached hydrogen (secondary N) is 1. The fourth-order valence-corrected chi connectivity index (χ4v) is 2.16. The highest BCUT2D eigenvalue weighted by molar-refractivity contribution is 5.76. The van der Waals surface area contributed by atoms with Crippen molar-refractivity contribution >= 4 is 11.6 Å². The Kier molecular flexibility index (Phi) is 4.20. The number of carbonyl (C=O) groups excluding carboxylic acids is 1. The summed E-state index contributed by atoms with van der Waals surface area (Å²) in [6.45, 7) is 0.692. The second kappa shape index (κ2) is 5.87. The first-order valence-electron chi connectivity index (χ1n) is 6.42. The summed E-state index contributed by atoms with van der Waals surface area (Å²) in [6, 6.07) is 7.60. The third kappa shape index (κ3) is 3.74. The Hall–Kier alpha value is -1.55. The lowest BCUT2D eigenvalue weighted by atomic mass is 9.82. The summed E-state index contributed by atoms with van der Waals surface area (Å²) in [5.74, 6) is 0.536. The molecule has 1 fully saturated rings. The summed E-state index contributed by atoms with van der Waals surface area (Å²) >= 11 is 0. The molecule has 4 heteroatoms. The minimum Gasteiger partial charge on any atom is -0.399 e. The van der Waals surface area contributed by atoms with Crippen LogP contribution in [0.5, 0.6) is 0 Å². The molecule has 1 aliphatic carbocycles. The predicted octanol–water partition coefficient (Wildman–Crippen LogP) is 1.09. The Labute approximate surface area is 107 Å². The SMILES string of the molecule is Nc1ccc(CCC(=O)NCC2CC(O)C2)cc1. The van der Waals surface area contributed by atoms with Gasteiger partial charge < -0.3 is 16.2 Å². The highest BCUT2D eigenvalue weighted by Crippen LogP contribution is 2.26. The zero-order valence-electron chi connectivity index (χ0n) is 10.4. The summed E-state index contributed by atoms with van der Waals surface area (Å²) in [5.41, 5.74) is 7.46. The molecular formula is C14H20N2O2. The Morgan fingerprint density at radius 2 is 2.00 bits per heavy atom. The summed E-state index contributed by atoms with van der Waals surface area (Å²) in [7, 11) is 0. The van der Waals surface area contributed by atoms with E-state index in [0.717, 1.165) is 30.5 Å². The monoisotopic (exact) mass is 248 g/mol. The maximum Gasteiger partial charge on any atom is 0.220 e. The van der Waals surface area contributed by atoms with Gasteiger partial charge in [0.2, 0.25) is 5.91 Å². The number of hydrogen-bond donors (Lipinski definition) is 3. The van der Waals surface area contributed by atoms with Gasteiger partial charge in [-0.3, -0.25) is 4.79 Å². The van der Waals surface area contributed by atoms with Crippen LogP contribution in [0.1, 0.15) is 24.8 Å². The molecule has 0 atom stereocenters. The number of amides is 1. The summed E-state index contributed by atoms with van der Waals surface area (Å²) in [4.78, 5) is 11.6. The minimum atomic E-state index is -0.151. The highest BCUT2D eigenvalue weighted by atomic mass is 16.3. The number of aliphatic hydroxyl groups is 1. The average Bonchev–Trinajstić information content (AvgIpc) is 2.32. The van der Waals surface area contributed by atoms with E-state index in [0.29, 0.717) is 18.9 Å². The van der Waals surface area contributed by atoms with Crippen molar-refractivity contribution in [3.05, 3.63) is 29.8 Å². The zero-order valence-corrected chi connectivity index (χ0v) is 10.4. The summed E-state index contributed by atoms with van der Waals surface area (Å²) < 4.78 is 0. The Morgan fingerprint density at radius 3 is 2.61 bits per heavy atom. The first kappa shape index (κ1) is 12.9. The van der Waals surface area contributed by atoms with Gasteiger partial charge in [0.1, 0.15) is 0 Å². The van der Waals surface area contributed by atoms with Gasteiger partial charge in [-0.2, -0.15) is 0 Å². The minimum absolute atomic E-state index is 0.0771.